The SMILES string of the molecule is COCCn1c(SC(C)C(=O)Nc2cc(Cl)ccc2OC)nc2cc(Cl)ccc21. The van der Waals surface area contributed by atoms with Gasteiger partial charge in [0.25, 0.3) is 0 Å². The first kappa shape index (κ1) is 21.8. The molecule has 1 atom stereocenters. The number of nitrogens with one attached hydrogen (secondary N) is 1. The molecule has 0 aliphatic carbocycles. The summed E-state index contributed by atoms with van der Waals surface area (Å²) < 4.78 is 12.5. The average molecular weight is 454 g/mol. The molecule has 154 valence electrons. The van der Waals surface area contributed by atoms with Crippen LogP contribution in [0.5, 0.6) is 5.75 Å². The molecule has 1 N–H and O–H groups in total. The van der Waals surface area contributed by atoms with Crippen LogP contribution in [0.15, 0.2) is 41.6 Å². The average Bonchev–Trinajstić information content (AvgIpc) is 3.02. The highest BCUT2D eigenvalue weighted by atomic mass is 35.5. The van der Waals surface area contributed by atoms with E-state index in [1.54, 1.807) is 32.4 Å². The van der Waals surface area contributed by atoms with Gasteiger partial charge in [-0.25, -0.2) is 4.98 Å². The van der Waals surface area contributed by atoms with Gasteiger partial charge in [0.05, 0.1) is 35.7 Å². The molecular weight excluding hydrogens is 433 g/mol. The van der Waals surface area contributed by atoms with Crippen LogP contribution in [0.25, 0.3) is 11.0 Å². The van der Waals surface area contributed by atoms with Crippen molar-refractivity contribution < 1.29 is 14.3 Å². The molecule has 1 heterocycles. The summed E-state index contributed by atoms with van der Waals surface area (Å²) in [5.41, 5.74) is 2.25. The Morgan fingerprint density at radius 1 is 1.21 bits per heavy atom. The summed E-state index contributed by atoms with van der Waals surface area (Å²) in [6, 6.07) is 10.6. The number of anilines is 1. The molecule has 0 aliphatic rings. The number of amides is 1. The van der Waals surface area contributed by atoms with Crippen molar-refractivity contribution in [2.45, 2.75) is 23.9 Å². The molecule has 0 spiro atoms. The highest BCUT2D eigenvalue weighted by Crippen LogP contribution is 2.31. The highest BCUT2D eigenvalue weighted by molar-refractivity contribution is 8.00. The number of methoxy groups -OCH3 is 2. The van der Waals surface area contributed by atoms with Gasteiger partial charge in [0, 0.05) is 23.7 Å². The number of hydrogen-bond acceptors (Lipinski definition) is 5. The molecule has 0 saturated carbocycles. The first-order valence-electron chi connectivity index (χ1n) is 8.88. The standard InChI is InChI=1S/C20H21Cl2N3O3S/c1-12(19(26)23-16-11-14(22)5-7-18(16)28-3)29-20-24-15-10-13(21)4-6-17(15)25(20)8-9-27-2/h4-7,10-12H,8-9H2,1-3H3,(H,23,26). The normalized spacial score (nSPS) is 12.2. The van der Waals surface area contributed by atoms with Crippen molar-refractivity contribution in [1.82, 2.24) is 9.55 Å². The molecule has 1 aromatic heterocycles. The van der Waals surface area contributed by atoms with Crippen LogP contribution in [0.2, 0.25) is 10.0 Å². The molecule has 0 fully saturated rings. The van der Waals surface area contributed by atoms with Gasteiger partial charge in [-0.1, -0.05) is 35.0 Å². The number of carbonyl (C=O) groups is 1. The van der Waals surface area contributed by atoms with E-state index in [0.29, 0.717) is 34.6 Å². The summed E-state index contributed by atoms with van der Waals surface area (Å²) in [5, 5.41) is 4.32. The third kappa shape index (κ3) is 5.17. The monoisotopic (exact) mass is 453 g/mol. The Bertz CT molecular complexity index is 1030. The van der Waals surface area contributed by atoms with Gasteiger partial charge in [-0.05, 0) is 43.3 Å². The molecule has 3 aromatic rings. The molecule has 2 aromatic carbocycles. The second-order valence-corrected chi connectivity index (χ2v) is 8.45. The van der Waals surface area contributed by atoms with Crippen LogP contribution in [-0.2, 0) is 16.1 Å². The zero-order valence-corrected chi connectivity index (χ0v) is 18.6. The maximum absolute atomic E-state index is 12.8. The molecule has 6 nitrogen and oxygen atoms in total. The fraction of sp³-hybridized carbons (Fsp3) is 0.300. The van der Waals surface area contributed by atoms with Gasteiger partial charge in [0.1, 0.15) is 5.75 Å². The Kier molecular flexibility index (Phi) is 7.29. The van der Waals surface area contributed by atoms with E-state index in [9.17, 15) is 4.79 Å². The van der Waals surface area contributed by atoms with Crippen molar-refractivity contribution in [3.8, 4) is 5.75 Å². The second kappa shape index (κ2) is 9.71. The van der Waals surface area contributed by atoms with Crippen LogP contribution in [0.4, 0.5) is 5.69 Å². The second-order valence-electron chi connectivity index (χ2n) is 6.27. The lowest BCUT2D eigenvalue weighted by Gasteiger charge is -2.15. The van der Waals surface area contributed by atoms with Gasteiger partial charge in [-0.2, -0.15) is 0 Å². The largest absolute Gasteiger partial charge is 0.495 e. The third-order valence-corrected chi connectivity index (χ3v) is 5.83. The quantitative estimate of drug-likeness (QED) is 0.479. The summed E-state index contributed by atoms with van der Waals surface area (Å²) in [7, 11) is 3.19. The summed E-state index contributed by atoms with van der Waals surface area (Å²) >= 11 is 13.5. The van der Waals surface area contributed by atoms with E-state index in [1.807, 2.05) is 29.7 Å². The topological polar surface area (TPSA) is 65.4 Å². The van der Waals surface area contributed by atoms with Gasteiger partial charge < -0.3 is 19.4 Å². The molecule has 0 radical (unpaired) electrons. The highest BCUT2D eigenvalue weighted by Gasteiger charge is 2.21. The number of hydrogen-bond donors (Lipinski definition) is 1. The molecule has 9 heteroatoms. The van der Waals surface area contributed by atoms with Crippen molar-refractivity contribution in [3.63, 3.8) is 0 Å². The van der Waals surface area contributed by atoms with Crippen molar-refractivity contribution in [2.75, 3.05) is 26.1 Å². The van der Waals surface area contributed by atoms with Crippen molar-refractivity contribution >= 4 is 57.6 Å². The Labute approximate surface area is 183 Å². The molecule has 1 amide bonds. The predicted octanol–water partition coefficient (Wildman–Crippen LogP) is 5.12. The third-order valence-electron chi connectivity index (χ3n) is 4.27. The fourth-order valence-corrected chi connectivity index (χ4v) is 4.08. The van der Waals surface area contributed by atoms with Crippen LogP contribution >= 0.6 is 35.0 Å². The molecule has 0 bridgehead atoms. The first-order valence-corrected chi connectivity index (χ1v) is 10.5. The first-order chi connectivity index (χ1) is 13.9. The zero-order valence-electron chi connectivity index (χ0n) is 16.2. The summed E-state index contributed by atoms with van der Waals surface area (Å²) in [5.74, 6) is 0.362. The van der Waals surface area contributed by atoms with E-state index in [-0.39, 0.29) is 5.91 Å². The maximum atomic E-state index is 12.8. The predicted molar refractivity (Wildman–Crippen MR) is 119 cm³/mol. The van der Waals surface area contributed by atoms with Gasteiger partial charge in [-0.3, -0.25) is 4.79 Å². The van der Waals surface area contributed by atoms with Crippen LogP contribution in [0.3, 0.4) is 0 Å². The lowest BCUT2D eigenvalue weighted by molar-refractivity contribution is -0.115. The summed E-state index contributed by atoms with van der Waals surface area (Å²) in [4.78, 5) is 17.4. The Morgan fingerprint density at radius 2 is 1.93 bits per heavy atom. The van der Waals surface area contributed by atoms with Crippen molar-refractivity contribution in [3.05, 3.63) is 46.4 Å². The van der Waals surface area contributed by atoms with E-state index in [1.165, 1.54) is 11.8 Å². The number of fused-ring (bicyclic) bond motifs is 1. The number of ether oxygens (including phenoxy) is 2. The minimum absolute atomic E-state index is 0.182. The number of imidazole rings is 1. The van der Waals surface area contributed by atoms with Crippen molar-refractivity contribution in [2.24, 2.45) is 0 Å². The van der Waals surface area contributed by atoms with E-state index < -0.39 is 5.25 Å². The molecule has 0 aliphatic heterocycles. The molecule has 1 unspecified atom stereocenters. The minimum Gasteiger partial charge on any atom is -0.495 e. The number of thioether (sulfide) groups is 1. The summed E-state index contributed by atoms with van der Waals surface area (Å²) in [6.07, 6.45) is 0. The number of halogens is 2. The van der Waals surface area contributed by atoms with Gasteiger partial charge in [0.15, 0.2) is 5.16 Å². The van der Waals surface area contributed by atoms with Crippen LogP contribution in [-0.4, -0.2) is 41.5 Å². The number of carbonyl (C=O) groups excluding carboxylic acids is 1. The van der Waals surface area contributed by atoms with E-state index in [0.717, 1.165) is 16.2 Å². The Morgan fingerprint density at radius 3 is 2.66 bits per heavy atom. The lowest BCUT2D eigenvalue weighted by atomic mass is 10.3. The summed E-state index contributed by atoms with van der Waals surface area (Å²) in [6.45, 7) is 2.97. The Balaban J connectivity index is 1.82. The van der Waals surface area contributed by atoms with Crippen molar-refractivity contribution in [1.29, 1.82) is 0 Å². The number of aromatic nitrogens is 2. The van der Waals surface area contributed by atoms with Gasteiger partial charge in [-0.15, -0.1) is 0 Å². The fourth-order valence-electron chi connectivity index (χ4n) is 2.79. The molecular formula is C20H21Cl2N3O3S. The van der Waals surface area contributed by atoms with Gasteiger partial charge >= 0.3 is 0 Å². The molecule has 3 rings (SSSR count). The van der Waals surface area contributed by atoms with Gasteiger partial charge in [0.2, 0.25) is 5.91 Å². The van der Waals surface area contributed by atoms with Crippen LogP contribution < -0.4 is 10.1 Å². The lowest BCUT2D eigenvalue weighted by Crippen LogP contribution is -2.23. The molecule has 0 saturated heterocycles. The number of nitrogens with zero attached hydrogens (tertiary/aromatic N) is 2. The van der Waals surface area contributed by atoms with E-state index in [4.69, 9.17) is 32.7 Å². The van der Waals surface area contributed by atoms with Crippen LogP contribution in [0.1, 0.15) is 6.92 Å². The smallest absolute Gasteiger partial charge is 0.237 e. The molecule has 29 heavy (non-hydrogen) atoms. The number of benzene rings is 2. The number of rotatable bonds is 8. The Hall–Kier alpha value is -1.93. The van der Waals surface area contributed by atoms with E-state index in [2.05, 4.69) is 10.3 Å². The van der Waals surface area contributed by atoms with E-state index >= 15 is 0 Å². The zero-order chi connectivity index (χ0) is 21.0. The minimum atomic E-state index is -0.410. The van der Waals surface area contributed by atoms with Crippen LogP contribution in [0, 0.1) is 0 Å². The maximum Gasteiger partial charge on any atom is 0.237 e.